The van der Waals surface area contributed by atoms with Crippen molar-refractivity contribution in [3.63, 3.8) is 0 Å². The van der Waals surface area contributed by atoms with E-state index < -0.39 is 0 Å². The van der Waals surface area contributed by atoms with Gasteiger partial charge in [-0.1, -0.05) is 6.07 Å². The first-order valence-electron chi connectivity index (χ1n) is 5.17. The Morgan fingerprint density at radius 2 is 1.83 bits per heavy atom. The second-order valence-corrected chi connectivity index (χ2v) is 3.56. The normalized spacial score (nSPS) is 9.22. The van der Waals surface area contributed by atoms with E-state index in [2.05, 4.69) is 10.3 Å². The fourth-order valence-electron chi connectivity index (χ4n) is 1.48. The number of rotatable bonds is 2. The van der Waals surface area contributed by atoms with Crippen molar-refractivity contribution >= 4 is 17.3 Å². The molecule has 0 aliphatic carbocycles. The van der Waals surface area contributed by atoms with Crippen LogP contribution in [0.3, 0.4) is 0 Å². The molecule has 2 aromatic rings. The number of nitriles is 2. The maximum Gasteiger partial charge on any atom is 0.132 e. The number of nitrogen functional groups attached to an aromatic ring is 1. The summed E-state index contributed by atoms with van der Waals surface area (Å²) in [7, 11) is 0. The van der Waals surface area contributed by atoms with Crippen LogP contribution in [0.5, 0.6) is 0 Å². The van der Waals surface area contributed by atoms with Gasteiger partial charge in [0.15, 0.2) is 0 Å². The van der Waals surface area contributed by atoms with E-state index in [9.17, 15) is 0 Å². The van der Waals surface area contributed by atoms with Gasteiger partial charge in [-0.05, 0) is 30.3 Å². The Balaban J connectivity index is 2.31. The van der Waals surface area contributed by atoms with Crippen molar-refractivity contribution in [1.82, 2.24) is 4.98 Å². The van der Waals surface area contributed by atoms with E-state index >= 15 is 0 Å². The van der Waals surface area contributed by atoms with E-state index in [-0.39, 0.29) is 0 Å². The molecule has 0 amide bonds. The zero-order valence-corrected chi connectivity index (χ0v) is 9.38. The first-order valence-corrected chi connectivity index (χ1v) is 5.17. The molecule has 86 valence electrons. The summed E-state index contributed by atoms with van der Waals surface area (Å²) in [4.78, 5) is 4.09. The molecule has 0 spiro atoms. The van der Waals surface area contributed by atoms with E-state index in [1.807, 2.05) is 12.1 Å². The van der Waals surface area contributed by atoms with Crippen molar-refractivity contribution in [2.75, 3.05) is 11.1 Å². The molecule has 0 atom stereocenters. The number of nitrogens with one attached hydrogen (secondary N) is 1. The number of pyridine rings is 1. The van der Waals surface area contributed by atoms with Gasteiger partial charge in [0.05, 0.1) is 11.1 Å². The van der Waals surface area contributed by atoms with E-state index in [1.165, 1.54) is 0 Å². The lowest BCUT2D eigenvalue weighted by molar-refractivity contribution is 1.31. The van der Waals surface area contributed by atoms with Crippen LogP contribution in [-0.2, 0) is 0 Å². The monoisotopic (exact) mass is 235 g/mol. The molecule has 0 unspecified atom stereocenters. The lowest BCUT2D eigenvalue weighted by Gasteiger charge is -2.06. The lowest BCUT2D eigenvalue weighted by Crippen LogP contribution is -1.97. The average molecular weight is 235 g/mol. The van der Waals surface area contributed by atoms with Crippen LogP contribution in [0.4, 0.5) is 17.3 Å². The number of aromatic nitrogens is 1. The Morgan fingerprint density at radius 1 is 1.06 bits per heavy atom. The number of anilines is 3. The third-order valence-corrected chi connectivity index (χ3v) is 2.30. The third-order valence-electron chi connectivity index (χ3n) is 2.30. The smallest absolute Gasteiger partial charge is 0.132 e. The topological polar surface area (TPSA) is 98.5 Å². The predicted octanol–water partition coefficient (Wildman–Crippen LogP) is 2.15. The van der Waals surface area contributed by atoms with E-state index in [1.54, 1.807) is 36.4 Å². The second-order valence-electron chi connectivity index (χ2n) is 3.56. The quantitative estimate of drug-likeness (QED) is 0.830. The van der Waals surface area contributed by atoms with Gasteiger partial charge in [0.25, 0.3) is 0 Å². The van der Waals surface area contributed by atoms with Gasteiger partial charge in [-0.15, -0.1) is 0 Å². The molecule has 18 heavy (non-hydrogen) atoms. The Labute approximate surface area is 104 Å². The summed E-state index contributed by atoms with van der Waals surface area (Å²) in [6.07, 6.45) is 0. The van der Waals surface area contributed by atoms with Crippen molar-refractivity contribution in [2.24, 2.45) is 0 Å². The Bertz CT molecular complexity index is 664. The highest BCUT2D eigenvalue weighted by molar-refractivity contribution is 5.62. The van der Waals surface area contributed by atoms with Gasteiger partial charge in [0, 0.05) is 5.69 Å². The number of nitrogens with zero attached hydrogens (tertiary/aromatic N) is 3. The second kappa shape index (κ2) is 4.86. The number of nitrogens with two attached hydrogens (primary N) is 1. The lowest BCUT2D eigenvalue weighted by atomic mass is 10.1. The molecule has 0 fully saturated rings. The maximum atomic E-state index is 8.92. The number of hydrogen-bond donors (Lipinski definition) is 2. The Morgan fingerprint density at radius 3 is 2.50 bits per heavy atom. The highest BCUT2D eigenvalue weighted by atomic mass is 15.0. The van der Waals surface area contributed by atoms with Gasteiger partial charge in [0.1, 0.15) is 23.8 Å². The number of benzene rings is 1. The van der Waals surface area contributed by atoms with Crippen molar-refractivity contribution in [3.8, 4) is 12.1 Å². The molecule has 5 nitrogen and oxygen atoms in total. The van der Waals surface area contributed by atoms with Crippen LogP contribution in [0.25, 0.3) is 0 Å². The molecule has 0 saturated carbocycles. The van der Waals surface area contributed by atoms with Crippen LogP contribution in [0, 0.1) is 22.7 Å². The highest BCUT2D eigenvalue weighted by Gasteiger charge is 2.03. The van der Waals surface area contributed by atoms with Crippen LogP contribution in [0.15, 0.2) is 36.4 Å². The molecule has 0 bridgehead atoms. The maximum absolute atomic E-state index is 8.92. The van der Waals surface area contributed by atoms with Gasteiger partial charge in [0.2, 0.25) is 0 Å². The minimum Gasteiger partial charge on any atom is -0.384 e. The molecule has 0 aliphatic heterocycles. The van der Waals surface area contributed by atoms with Gasteiger partial charge in [-0.3, -0.25) is 0 Å². The summed E-state index contributed by atoms with van der Waals surface area (Å²) in [6, 6.07) is 14.1. The van der Waals surface area contributed by atoms with Gasteiger partial charge in [-0.2, -0.15) is 10.5 Å². The highest BCUT2D eigenvalue weighted by Crippen LogP contribution is 2.18. The fraction of sp³-hybridized carbons (Fsp3) is 0. The van der Waals surface area contributed by atoms with Crippen LogP contribution in [0.2, 0.25) is 0 Å². The first-order chi connectivity index (χ1) is 8.72. The Kier molecular flexibility index (Phi) is 3.08. The molecule has 1 aromatic carbocycles. The minimum atomic E-state index is 0.325. The predicted molar refractivity (Wildman–Crippen MR) is 67.8 cm³/mol. The Hall–Kier alpha value is -3.05. The zero-order chi connectivity index (χ0) is 13.0. The summed E-state index contributed by atoms with van der Waals surface area (Å²) < 4.78 is 0. The summed E-state index contributed by atoms with van der Waals surface area (Å²) in [6.45, 7) is 0. The average Bonchev–Trinajstić information content (AvgIpc) is 2.38. The molecular weight excluding hydrogens is 226 g/mol. The van der Waals surface area contributed by atoms with Crippen molar-refractivity contribution in [3.05, 3.63) is 47.5 Å². The van der Waals surface area contributed by atoms with Crippen molar-refractivity contribution in [1.29, 1.82) is 10.5 Å². The summed E-state index contributed by atoms with van der Waals surface area (Å²) >= 11 is 0. The van der Waals surface area contributed by atoms with Gasteiger partial charge >= 0.3 is 0 Å². The molecule has 0 radical (unpaired) electrons. The van der Waals surface area contributed by atoms with Crippen LogP contribution in [0.1, 0.15) is 11.1 Å². The van der Waals surface area contributed by atoms with Crippen LogP contribution < -0.4 is 11.1 Å². The molecule has 5 heteroatoms. The third kappa shape index (κ3) is 2.37. The molecule has 1 heterocycles. The fourth-order valence-corrected chi connectivity index (χ4v) is 1.48. The van der Waals surface area contributed by atoms with Crippen molar-refractivity contribution in [2.45, 2.75) is 0 Å². The van der Waals surface area contributed by atoms with E-state index in [4.69, 9.17) is 16.3 Å². The summed E-state index contributed by atoms with van der Waals surface area (Å²) in [5.74, 6) is 0.998. The van der Waals surface area contributed by atoms with Crippen molar-refractivity contribution < 1.29 is 0 Å². The summed E-state index contributed by atoms with van der Waals surface area (Å²) in [5.41, 5.74) is 6.93. The van der Waals surface area contributed by atoms with Crippen LogP contribution >= 0.6 is 0 Å². The largest absolute Gasteiger partial charge is 0.384 e. The molecule has 0 saturated heterocycles. The summed E-state index contributed by atoms with van der Waals surface area (Å²) in [5, 5.41) is 20.8. The SMILES string of the molecule is N#Cc1ccc(Nc2cccc(N)n2)cc1C#N. The molecule has 0 aliphatic rings. The van der Waals surface area contributed by atoms with Crippen LogP contribution in [-0.4, -0.2) is 4.98 Å². The first kappa shape index (κ1) is 11.4. The molecule has 3 N–H and O–H groups in total. The standard InChI is InChI=1S/C13H9N5/c14-7-9-4-5-11(6-10(9)8-15)17-13-3-1-2-12(16)18-13/h1-6H,(H3,16,17,18). The minimum absolute atomic E-state index is 0.325. The molecule has 2 rings (SSSR count). The van der Waals surface area contributed by atoms with E-state index in [0.29, 0.717) is 28.5 Å². The molecule has 1 aromatic heterocycles. The van der Waals surface area contributed by atoms with E-state index in [0.717, 1.165) is 0 Å². The van der Waals surface area contributed by atoms with Gasteiger partial charge in [-0.25, -0.2) is 4.98 Å². The van der Waals surface area contributed by atoms with Gasteiger partial charge < -0.3 is 11.1 Å². The zero-order valence-electron chi connectivity index (χ0n) is 9.38. The number of hydrogen-bond acceptors (Lipinski definition) is 5. The molecular formula is C13H9N5.